The number of hydrogen-bond acceptors (Lipinski definition) is 2. The minimum atomic E-state index is 0.367. The molecular formula is C13H25NO. The van der Waals surface area contributed by atoms with E-state index in [1.54, 1.807) is 0 Å². The predicted octanol–water partition coefficient (Wildman–Crippen LogP) is 2.76. The van der Waals surface area contributed by atoms with Crippen molar-refractivity contribution in [3.05, 3.63) is 0 Å². The van der Waals surface area contributed by atoms with Gasteiger partial charge in [0, 0.05) is 12.3 Å². The van der Waals surface area contributed by atoms with Crippen LogP contribution in [0.25, 0.3) is 0 Å². The summed E-state index contributed by atoms with van der Waals surface area (Å²) in [5.41, 5.74) is 5.54. The third kappa shape index (κ3) is 4.33. The summed E-state index contributed by atoms with van der Waals surface area (Å²) in [7, 11) is 0. The van der Waals surface area contributed by atoms with Crippen molar-refractivity contribution in [1.29, 1.82) is 0 Å². The van der Waals surface area contributed by atoms with Crippen LogP contribution in [0.2, 0.25) is 0 Å². The minimum Gasteiger partial charge on any atom is -0.330 e. The molecule has 1 fully saturated rings. The molecule has 2 heteroatoms. The first kappa shape index (κ1) is 12.7. The SMILES string of the molecule is CC(CN)CCC(=O)C1CCC(C)CC1. The maximum atomic E-state index is 11.9. The first-order valence-electron chi connectivity index (χ1n) is 6.36. The van der Waals surface area contributed by atoms with Crippen LogP contribution >= 0.6 is 0 Å². The van der Waals surface area contributed by atoms with Crippen LogP contribution in [0.4, 0.5) is 0 Å². The molecule has 1 atom stereocenters. The van der Waals surface area contributed by atoms with E-state index < -0.39 is 0 Å². The van der Waals surface area contributed by atoms with Gasteiger partial charge in [-0.1, -0.05) is 26.7 Å². The van der Waals surface area contributed by atoms with Crippen LogP contribution in [-0.2, 0) is 4.79 Å². The summed E-state index contributed by atoms with van der Waals surface area (Å²) in [5.74, 6) is 2.18. The third-order valence-electron chi connectivity index (χ3n) is 3.76. The molecule has 15 heavy (non-hydrogen) atoms. The fraction of sp³-hybridized carbons (Fsp3) is 0.923. The Balaban J connectivity index is 2.22. The van der Waals surface area contributed by atoms with E-state index >= 15 is 0 Å². The molecule has 1 saturated carbocycles. The van der Waals surface area contributed by atoms with Crippen LogP contribution in [0.15, 0.2) is 0 Å². The van der Waals surface area contributed by atoms with Crippen LogP contribution in [-0.4, -0.2) is 12.3 Å². The second kappa shape index (κ2) is 6.26. The lowest BCUT2D eigenvalue weighted by atomic mass is 9.79. The highest BCUT2D eigenvalue weighted by Crippen LogP contribution is 2.29. The Morgan fingerprint density at radius 1 is 1.33 bits per heavy atom. The van der Waals surface area contributed by atoms with Crippen LogP contribution in [0, 0.1) is 17.8 Å². The zero-order chi connectivity index (χ0) is 11.3. The standard InChI is InChI=1S/C13H25NO/c1-10-3-6-12(7-4-10)13(15)8-5-11(2)9-14/h10-12H,3-9,14H2,1-2H3. The predicted molar refractivity (Wildman–Crippen MR) is 63.6 cm³/mol. The summed E-state index contributed by atoms with van der Waals surface area (Å²) in [6.45, 7) is 5.11. The van der Waals surface area contributed by atoms with Crippen molar-refractivity contribution in [3.8, 4) is 0 Å². The molecular weight excluding hydrogens is 186 g/mol. The number of Topliss-reactive ketones (excluding diaryl/α,β-unsaturated/α-hetero) is 1. The van der Waals surface area contributed by atoms with Crippen LogP contribution in [0.5, 0.6) is 0 Å². The highest BCUT2D eigenvalue weighted by Gasteiger charge is 2.23. The largest absolute Gasteiger partial charge is 0.330 e. The van der Waals surface area contributed by atoms with Gasteiger partial charge in [-0.25, -0.2) is 0 Å². The molecule has 0 spiro atoms. The van der Waals surface area contributed by atoms with E-state index in [0.29, 0.717) is 24.2 Å². The van der Waals surface area contributed by atoms with Gasteiger partial charge in [-0.3, -0.25) is 4.79 Å². The second-order valence-electron chi connectivity index (χ2n) is 5.30. The van der Waals surface area contributed by atoms with Crippen molar-refractivity contribution in [2.75, 3.05) is 6.54 Å². The Morgan fingerprint density at radius 2 is 1.93 bits per heavy atom. The molecule has 88 valence electrons. The Labute approximate surface area is 93.6 Å². The van der Waals surface area contributed by atoms with Crippen LogP contribution in [0.3, 0.4) is 0 Å². The highest BCUT2D eigenvalue weighted by molar-refractivity contribution is 5.81. The Morgan fingerprint density at radius 3 is 2.47 bits per heavy atom. The topological polar surface area (TPSA) is 43.1 Å². The lowest BCUT2D eigenvalue weighted by Gasteiger charge is -2.25. The van der Waals surface area contributed by atoms with Gasteiger partial charge in [-0.2, -0.15) is 0 Å². The van der Waals surface area contributed by atoms with Crippen molar-refractivity contribution in [2.24, 2.45) is 23.5 Å². The van der Waals surface area contributed by atoms with Gasteiger partial charge < -0.3 is 5.73 Å². The number of nitrogens with two attached hydrogens (primary N) is 1. The van der Waals surface area contributed by atoms with E-state index in [-0.39, 0.29) is 0 Å². The average Bonchev–Trinajstić information content (AvgIpc) is 2.26. The minimum absolute atomic E-state index is 0.367. The summed E-state index contributed by atoms with van der Waals surface area (Å²) in [6, 6.07) is 0. The van der Waals surface area contributed by atoms with Gasteiger partial charge in [0.25, 0.3) is 0 Å². The van der Waals surface area contributed by atoms with Gasteiger partial charge >= 0.3 is 0 Å². The molecule has 0 radical (unpaired) electrons. The van der Waals surface area contributed by atoms with Gasteiger partial charge in [0.1, 0.15) is 5.78 Å². The van der Waals surface area contributed by atoms with E-state index in [2.05, 4.69) is 13.8 Å². The van der Waals surface area contributed by atoms with Crippen molar-refractivity contribution in [3.63, 3.8) is 0 Å². The van der Waals surface area contributed by atoms with E-state index in [9.17, 15) is 4.79 Å². The van der Waals surface area contributed by atoms with Gasteiger partial charge in [0.05, 0.1) is 0 Å². The fourth-order valence-electron chi connectivity index (χ4n) is 2.29. The average molecular weight is 211 g/mol. The molecule has 1 aliphatic rings. The number of rotatable bonds is 5. The summed E-state index contributed by atoms with van der Waals surface area (Å²) < 4.78 is 0. The molecule has 0 aromatic heterocycles. The molecule has 1 aliphatic carbocycles. The Bertz CT molecular complexity index is 195. The molecule has 0 aliphatic heterocycles. The normalized spacial score (nSPS) is 28.7. The van der Waals surface area contributed by atoms with Crippen LogP contribution in [0.1, 0.15) is 52.4 Å². The van der Waals surface area contributed by atoms with Gasteiger partial charge in [0.15, 0.2) is 0 Å². The number of ketones is 1. The third-order valence-corrected chi connectivity index (χ3v) is 3.76. The number of carbonyl (C=O) groups excluding carboxylic acids is 1. The molecule has 2 N–H and O–H groups in total. The van der Waals surface area contributed by atoms with Gasteiger partial charge in [-0.05, 0) is 37.6 Å². The molecule has 0 saturated heterocycles. The quantitative estimate of drug-likeness (QED) is 0.760. The second-order valence-corrected chi connectivity index (χ2v) is 5.30. The zero-order valence-electron chi connectivity index (χ0n) is 10.2. The van der Waals surface area contributed by atoms with E-state index in [1.165, 1.54) is 12.8 Å². The molecule has 1 unspecified atom stereocenters. The lowest BCUT2D eigenvalue weighted by Crippen LogP contribution is -2.22. The first-order valence-corrected chi connectivity index (χ1v) is 6.36. The molecule has 0 aromatic rings. The molecule has 0 heterocycles. The fourth-order valence-corrected chi connectivity index (χ4v) is 2.29. The van der Waals surface area contributed by atoms with E-state index in [0.717, 1.165) is 31.6 Å². The van der Waals surface area contributed by atoms with Gasteiger partial charge in [-0.15, -0.1) is 0 Å². The number of carbonyl (C=O) groups is 1. The van der Waals surface area contributed by atoms with E-state index in [1.807, 2.05) is 0 Å². The van der Waals surface area contributed by atoms with Crippen LogP contribution < -0.4 is 5.73 Å². The van der Waals surface area contributed by atoms with Crippen molar-refractivity contribution in [1.82, 2.24) is 0 Å². The molecule has 2 nitrogen and oxygen atoms in total. The highest BCUT2D eigenvalue weighted by atomic mass is 16.1. The van der Waals surface area contributed by atoms with Crippen molar-refractivity contribution >= 4 is 5.78 Å². The summed E-state index contributed by atoms with van der Waals surface area (Å²) in [5, 5.41) is 0. The van der Waals surface area contributed by atoms with Crippen molar-refractivity contribution in [2.45, 2.75) is 52.4 Å². The maximum absolute atomic E-state index is 11.9. The monoisotopic (exact) mass is 211 g/mol. The summed E-state index contributed by atoms with van der Waals surface area (Å²) in [4.78, 5) is 11.9. The molecule has 0 bridgehead atoms. The van der Waals surface area contributed by atoms with E-state index in [4.69, 9.17) is 5.73 Å². The van der Waals surface area contributed by atoms with Gasteiger partial charge in [0.2, 0.25) is 0 Å². The Kier molecular flexibility index (Phi) is 5.30. The zero-order valence-corrected chi connectivity index (χ0v) is 10.2. The maximum Gasteiger partial charge on any atom is 0.135 e. The summed E-state index contributed by atoms with van der Waals surface area (Å²) in [6.07, 6.45) is 6.44. The van der Waals surface area contributed by atoms with Crippen molar-refractivity contribution < 1.29 is 4.79 Å². The molecule has 1 rings (SSSR count). The molecule has 0 aromatic carbocycles. The smallest absolute Gasteiger partial charge is 0.135 e. The summed E-state index contributed by atoms with van der Waals surface area (Å²) >= 11 is 0. The first-order chi connectivity index (χ1) is 7.13. The Hall–Kier alpha value is -0.370. The lowest BCUT2D eigenvalue weighted by molar-refractivity contribution is -0.124. The number of hydrogen-bond donors (Lipinski definition) is 1. The molecule has 0 amide bonds.